The Morgan fingerprint density at radius 1 is 1.38 bits per heavy atom. The number of primary amides is 1. The molecule has 2 amide bonds. The highest BCUT2D eigenvalue weighted by atomic mass is 32.2. The average molecular weight is 369 g/mol. The minimum atomic E-state index is -0.430. The molecule has 1 aromatic heterocycles. The number of nitrogens with one attached hydrogen (secondary N) is 1. The predicted octanol–water partition coefficient (Wildman–Crippen LogP) is 4.08. The Morgan fingerprint density at radius 3 is 2.67 bits per heavy atom. The van der Waals surface area contributed by atoms with Crippen molar-refractivity contribution < 1.29 is 9.59 Å². The molecule has 1 aliphatic rings. The van der Waals surface area contributed by atoms with Crippen LogP contribution in [-0.4, -0.2) is 23.8 Å². The fourth-order valence-corrected chi connectivity index (χ4v) is 5.02. The molecule has 1 unspecified atom stereocenters. The van der Waals surface area contributed by atoms with Crippen LogP contribution >= 0.6 is 23.1 Å². The number of amides is 2. The summed E-state index contributed by atoms with van der Waals surface area (Å²) >= 11 is 3.27. The first-order chi connectivity index (χ1) is 11.2. The smallest absolute Gasteiger partial charge is 0.251 e. The van der Waals surface area contributed by atoms with Gasteiger partial charge in [-0.1, -0.05) is 20.8 Å². The Kier molecular flexibility index (Phi) is 6.37. The van der Waals surface area contributed by atoms with Crippen LogP contribution in [0, 0.1) is 11.3 Å². The minimum Gasteiger partial charge on any atom is -0.365 e. The highest BCUT2D eigenvalue weighted by molar-refractivity contribution is 7.98. The van der Waals surface area contributed by atoms with E-state index in [-0.39, 0.29) is 11.3 Å². The molecular formula is C18H28N2O2S2. The van der Waals surface area contributed by atoms with E-state index < -0.39 is 5.91 Å². The maximum absolute atomic E-state index is 12.1. The summed E-state index contributed by atoms with van der Waals surface area (Å²) in [7, 11) is 0. The number of rotatable bonds is 6. The van der Waals surface area contributed by atoms with Crippen LogP contribution in [0.4, 0.5) is 5.00 Å². The van der Waals surface area contributed by atoms with Crippen LogP contribution in [0.15, 0.2) is 0 Å². The van der Waals surface area contributed by atoms with Gasteiger partial charge in [-0.3, -0.25) is 9.59 Å². The first-order valence-electron chi connectivity index (χ1n) is 8.47. The molecule has 1 heterocycles. The molecular weight excluding hydrogens is 340 g/mol. The molecule has 1 atom stereocenters. The third-order valence-corrected chi connectivity index (χ3v) is 6.61. The fourth-order valence-electron chi connectivity index (χ4n) is 3.24. The zero-order valence-corrected chi connectivity index (χ0v) is 16.7. The SMILES string of the molecule is CSCCCC(=O)Nc1sc2c(c1C(N)=O)CCC(C(C)(C)C)C2. The van der Waals surface area contributed by atoms with E-state index in [1.807, 2.05) is 6.26 Å². The molecule has 0 fully saturated rings. The molecule has 134 valence electrons. The van der Waals surface area contributed by atoms with E-state index in [2.05, 4.69) is 26.1 Å². The second kappa shape index (κ2) is 7.91. The van der Waals surface area contributed by atoms with Gasteiger partial charge in [0.1, 0.15) is 5.00 Å². The van der Waals surface area contributed by atoms with Crippen molar-refractivity contribution in [3.05, 3.63) is 16.0 Å². The van der Waals surface area contributed by atoms with Crippen LogP contribution in [-0.2, 0) is 17.6 Å². The Morgan fingerprint density at radius 2 is 2.08 bits per heavy atom. The van der Waals surface area contributed by atoms with Gasteiger partial charge in [-0.15, -0.1) is 11.3 Å². The fraction of sp³-hybridized carbons (Fsp3) is 0.667. The lowest BCUT2D eigenvalue weighted by atomic mass is 9.72. The summed E-state index contributed by atoms with van der Waals surface area (Å²) in [6.07, 6.45) is 6.25. The number of hydrogen-bond donors (Lipinski definition) is 2. The van der Waals surface area contributed by atoms with Gasteiger partial charge in [0.15, 0.2) is 0 Å². The zero-order valence-electron chi connectivity index (χ0n) is 15.0. The number of hydrogen-bond acceptors (Lipinski definition) is 4. The maximum Gasteiger partial charge on any atom is 0.251 e. The van der Waals surface area contributed by atoms with Gasteiger partial charge in [-0.2, -0.15) is 11.8 Å². The molecule has 24 heavy (non-hydrogen) atoms. The van der Waals surface area contributed by atoms with E-state index >= 15 is 0 Å². The molecule has 0 saturated heterocycles. The van der Waals surface area contributed by atoms with Gasteiger partial charge < -0.3 is 11.1 Å². The Bertz CT molecular complexity index is 617. The van der Waals surface area contributed by atoms with E-state index in [0.717, 1.165) is 37.0 Å². The Balaban J connectivity index is 2.20. The van der Waals surface area contributed by atoms with E-state index in [9.17, 15) is 9.59 Å². The third kappa shape index (κ3) is 4.54. The highest BCUT2D eigenvalue weighted by Gasteiger charge is 2.33. The van der Waals surface area contributed by atoms with Gasteiger partial charge in [0.2, 0.25) is 5.91 Å². The Labute approximate surface area is 153 Å². The summed E-state index contributed by atoms with van der Waals surface area (Å²) in [4.78, 5) is 25.3. The van der Waals surface area contributed by atoms with Crippen LogP contribution < -0.4 is 11.1 Å². The molecule has 3 N–H and O–H groups in total. The second-order valence-corrected chi connectivity index (χ2v) is 9.61. The number of carbonyl (C=O) groups excluding carboxylic acids is 2. The highest BCUT2D eigenvalue weighted by Crippen LogP contribution is 2.44. The van der Waals surface area contributed by atoms with Crippen LogP contribution in [0.25, 0.3) is 0 Å². The number of fused-ring (bicyclic) bond motifs is 1. The molecule has 0 spiro atoms. The van der Waals surface area contributed by atoms with Crippen molar-refractivity contribution in [2.24, 2.45) is 17.1 Å². The second-order valence-electron chi connectivity index (χ2n) is 7.52. The largest absolute Gasteiger partial charge is 0.365 e. The average Bonchev–Trinajstić information content (AvgIpc) is 2.83. The number of thiophene rings is 1. The van der Waals surface area contributed by atoms with Gasteiger partial charge >= 0.3 is 0 Å². The van der Waals surface area contributed by atoms with Crippen molar-refractivity contribution in [2.75, 3.05) is 17.3 Å². The lowest BCUT2D eigenvalue weighted by Crippen LogP contribution is -2.27. The molecule has 0 aliphatic heterocycles. The normalized spacial score (nSPS) is 17.4. The molecule has 1 aromatic rings. The molecule has 0 bridgehead atoms. The van der Waals surface area contributed by atoms with Crippen LogP contribution in [0.1, 0.15) is 60.8 Å². The number of thioether (sulfide) groups is 1. The molecule has 1 aliphatic carbocycles. The minimum absolute atomic E-state index is 0.0301. The van der Waals surface area contributed by atoms with Gasteiger partial charge in [-0.25, -0.2) is 0 Å². The number of nitrogens with two attached hydrogens (primary N) is 1. The lowest BCUT2D eigenvalue weighted by Gasteiger charge is -2.33. The van der Waals surface area contributed by atoms with Crippen molar-refractivity contribution in [3.8, 4) is 0 Å². The molecule has 4 nitrogen and oxygen atoms in total. The van der Waals surface area contributed by atoms with Crippen molar-refractivity contribution in [2.45, 2.75) is 52.9 Å². The maximum atomic E-state index is 12.1. The van der Waals surface area contributed by atoms with Crippen molar-refractivity contribution in [1.29, 1.82) is 0 Å². The quantitative estimate of drug-likeness (QED) is 0.743. The van der Waals surface area contributed by atoms with E-state index in [0.29, 0.717) is 22.9 Å². The number of carbonyl (C=O) groups is 2. The topological polar surface area (TPSA) is 72.2 Å². The molecule has 6 heteroatoms. The monoisotopic (exact) mass is 368 g/mol. The van der Waals surface area contributed by atoms with Crippen LogP contribution in [0.2, 0.25) is 0 Å². The predicted molar refractivity (Wildman–Crippen MR) is 104 cm³/mol. The van der Waals surface area contributed by atoms with Crippen LogP contribution in [0.5, 0.6) is 0 Å². The van der Waals surface area contributed by atoms with Gasteiger partial charge in [0, 0.05) is 11.3 Å². The molecule has 2 rings (SSSR count). The third-order valence-electron chi connectivity index (χ3n) is 4.74. The van der Waals surface area contributed by atoms with Gasteiger partial charge in [-0.05, 0) is 54.6 Å². The van der Waals surface area contributed by atoms with E-state index in [1.165, 1.54) is 16.2 Å². The van der Waals surface area contributed by atoms with E-state index in [4.69, 9.17) is 5.73 Å². The van der Waals surface area contributed by atoms with Crippen LogP contribution in [0.3, 0.4) is 0 Å². The first kappa shape index (κ1) is 19.3. The number of anilines is 1. The van der Waals surface area contributed by atoms with E-state index in [1.54, 1.807) is 11.8 Å². The van der Waals surface area contributed by atoms with Gasteiger partial charge in [0.05, 0.1) is 5.56 Å². The summed E-state index contributed by atoms with van der Waals surface area (Å²) in [5.41, 5.74) is 7.46. The first-order valence-corrected chi connectivity index (χ1v) is 10.7. The van der Waals surface area contributed by atoms with Crippen molar-refractivity contribution >= 4 is 39.9 Å². The van der Waals surface area contributed by atoms with Crippen molar-refractivity contribution in [3.63, 3.8) is 0 Å². The summed E-state index contributed by atoms with van der Waals surface area (Å²) in [5, 5.41) is 3.58. The molecule has 0 saturated carbocycles. The molecule has 0 radical (unpaired) electrons. The summed E-state index contributed by atoms with van der Waals surface area (Å²) in [6, 6.07) is 0. The standard InChI is InChI=1S/C18H28N2O2S2/c1-18(2,3)11-7-8-12-13(10-11)24-17(15(12)16(19)22)20-14(21)6-5-9-23-4/h11H,5-10H2,1-4H3,(H2,19,22)(H,20,21). The zero-order chi connectivity index (χ0) is 17.9. The molecule has 0 aromatic carbocycles. The lowest BCUT2D eigenvalue weighted by molar-refractivity contribution is -0.116. The Hall–Kier alpha value is -1.01. The summed E-state index contributed by atoms with van der Waals surface area (Å²) < 4.78 is 0. The van der Waals surface area contributed by atoms with Crippen molar-refractivity contribution in [1.82, 2.24) is 0 Å². The summed E-state index contributed by atoms with van der Waals surface area (Å²) in [5.74, 6) is 1.10. The summed E-state index contributed by atoms with van der Waals surface area (Å²) in [6.45, 7) is 6.79. The van der Waals surface area contributed by atoms with Gasteiger partial charge in [0.25, 0.3) is 5.91 Å².